The van der Waals surface area contributed by atoms with E-state index in [0.29, 0.717) is 12.3 Å². The number of anilines is 1. The molecule has 1 aromatic carbocycles. The van der Waals surface area contributed by atoms with Gasteiger partial charge in [0.05, 0.1) is 19.7 Å². The number of ether oxygens (including phenoxy) is 1. The lowest BCUT2D eigenvalue weighted by atomic mass is 10.1. The van der Waals surface area contributed by atoms with Crippen molar-refractivity contribution in [2.75, 3.05) is 12.4 Å². The van der Waals surface area contributed by atoms with E-state index < -0.39 is 4.92 Å². The van der Waals surface area contributed by atoms with Crippen LogP contribution in [-0.4, -0.2) is 12.0 Å². The van der Waals surface area contributed by atoms with Gasteiger partial charge in [-0.2, -0.15) is 0 Å². The van der Waals surface area contributed by atoms with E-state index in [-0.39, 0.29) is 5.88 Å². The number of nitrogens with zero attached hydrogens (tertiary/aromatic N) is 1. The van der Waals surface area contributed by atoms with Gasteiger partial charge in [-0.3, -0.25) is 10.1 Å². The Hall–Kier alpha value is -2.50. The van der Waals surface area contributed by atoms with Crippen LogP contribution in [0.15, 0.2) is 28.7 Å². The van der Waals surface area contributed by atoms with Crippen LogP contribution >= 0.6 is 0 Å². The molecule has 2 rings (SSSR count). The van der Waals surface area contributed by atoms with E-state index in [9.17, 15) is 10.1 Å². The second-order valence-electron chi connectivity index (χ2n) is 4.44. The van der Waals surface area contributed by atoms with Crippen molar-refractivity contribution in [2.45, 2.75) is 20.4 Å². The molecule has 2 aromatic rings. The number of furan rings is 1. The van der Waals surface area contributed by atoms with Gasteiger partial charge < -0.3 is 14.5 Å². The maximum absolute atomic E-state index is 10.5. The Balaban J connectivity index is 2.12. The predicted octanol–water partition coefficient (Wildman–Crippen LogP) is 3.43. The molecule has 0 aliphatic heterocycles. The maximum Gasteiger partial charge on any atom is 0.433 e. The largest absolute Gasteiger partial charge is 0.496 e. The molecule has 0 saturated heterocycles. The highest BCUT2D eigenvalue weighted by Crippen LogP contribution is 2.29. The van der Waals surface area contributed by atoms with Crippen molar-refractivity contribution in [3.8, 4) is 5.75 Å². The number of methoxy groups -OCH3 is 1. The average Bonchev–Trinajstić information content (AvgIpc) is 2.87. The van der Waals surface area contributed by atoms with Crippen LogP contribution < -0.4 is 10.1 Å². The molecule has 1 N–H and O–H groups in total. The second-order valence-corrected chi connectivity index (χ2v) is 4.44. The summed E-state index contributed by atoms with van der Waals surface area (Å²) in [6.45, 7) is 4.31. The maximum atomic E-state index is 10.5. The third-order valence-electron chi connectivity index (χ3n) is 3.09. The Kier molecular flexibility index (Phi) is 3.93. The first-order chi connectivity index (χ1) is 9.52. The number of rotatable bonds is 5. The Bertz CT molecular complexity index is 634. The minimum atomic E-state index is -0.552. The zero-order valence-corrected chi connectivity index (χ0v) is 11.6. The van der Waals surface area contributed by atoms with Gasteiger partial charge in [-0.15, -0.1) is 0 Å². The molecule has 0 amide bonds. The molecule has 0 aliphatic carbocycles. The summed E-state index contributed by atoms with van der Waals surface area (Å²) in [4.78, 5) is 9.99. The molecule has 6 nitrogen and oxygen atoms in total. The summed E-state index contributed by atoms with van der Waals surface area (Å²) < 4.78 is 10.4. The number of nitrogens with one attached hydrogen (secondary N) is 1. The van der Waals surface area contributed by atoms with Crippen molar-refractivity contribution in [2.24, 2.45) is 0 Å². The third kappa shape index (κ3) is 2.74. The normalized spacial score (nSPS) is 10.3. The van der Waals surface area contributed by atoms with Crippen molar-refractivity contribution < 1.29 is 14.1 Å². The summed E-state index contributed by atoms with van der Waals surface area (Å²) in [5.74, 6) is 1.09. The van der Waals surface area contributed by atoms with Crippen molar-refractivity contribution in [3.63, 3.8) is 0 Å². The third-order valence-corrected chi connectivity index (χ3v) is 3.09. The number of benzene rings is 1. The highest BCUT2D eigenvalue weighted by atomic mass is 16.6. The molecule has 20 heavy (non-hydrogen) atoms. The SMILES string of the molecule is COc1c(C)ccc(NCc2ccc([N+](=O)[O-])o2)c1C. The standard InChI is InChI=1S/C14H16N2O4/c1-9-4-6-12(10(2)14(9)19-3)15-8-11-5-7-13(20-11)16(17)18/h4-7,15H,8H2,1-3H3. The Labute approximate surface area is 116 Å². The van der Waals surface area contributed by atoms with Crippen LogP contribution in [0.4, 0.5) is 11.6 Å². The Morgan fingerprint density at radius 3 is 2.65 bits per heavy atom. The summed E-state index contributed by atoms with van der Waals surface area (Å²) in [7, 11) is 1.63. The first kappa shape index (κ1) is 13.9. The number of hydrogen-bond donors (Lipinski definition) is 1. The van der Waals surface area contributed by atoms with Gasteiger partial charge in [-0.25, -0.2) is 0 Å². The Morgan fingerprint density at radius 1 is 1.30 bits per heavy atom. The molecule has 106 valence electrons. The smallest absolute Gasteiger partial charge is 0.433 e. The van der Waals surface area contributed by atoms with E-state index in [4.69, 9.17) is 9.15 Å². The van der Waals surface area contributed by atoms with Crippen molar-refractivity contribution in [1.82, 2.24) is 0 Å². The lowest BCUT2D eigenvalue weighted by molar-refractivity contribution is -0.402. The summed E-state index contributed by atoms with van der Waals surface area (Å²) in [5.41, 5.74) is 2.96. The fourth-order valence-corrected chi connectivity index (χ4v) is 2.07. The van der Waals surface area contributed by atoms with Crippen LogP contribution in [0.5, 0.6) is 5.75 Å². The minimum absolute atomic E-state index is 0.250. The van der Waals surface area contributed by atoms with Gasteiger partial charge in [0.15, 0.2) is 0 Å². The van der Waals surface area contributed by atoms with E-state index in [2.05, 4.69) is 5.32 Å². The first-order valence-corrected chi connectivity index (χ1v) is 6.14. The number of aryl methyl sites for hydroxylation is 1. The number of hydrogen-bond acceptors (Lipinski definition) is 5. The van der Waals surface area contributed by atoms with Gasteiger partial charge in [0.2, 0.25) is 0 Å². The van der Waals surface area contributed by atoms with Gasteiger partial charge in [0.1, 0.15) is 16.4 Å². The lowest BCUT2D eigenvalue weighted by Gasteiger charge is -2.14. The quantitative estimate of drug-likeness (QED) is 0.668. The zero-order valence-electron chi connectivity index (χ0n) is 11.6. The molecule has 1 heterocycles. The molecule has 0 bridgehead atoms. The highest BCUT2D eigenvalue weighted by Gasteiger charge is 2.12. The Morgan fingerprint density at radius 2 is 2.05 bits per heavy atom. The van der Waals surface area contributed by atoms with Crippen LogP contribution in [0, 0.1) is 24.0 Å². The van der Waals surface area contributed by atoms with Gasteiger partial charge >= 0.3 is 5.88 Å². The molecule has 0 spiro atoms. The van der Waals surface area contributed by atoms with E-state index >= 15 is 0 Å². The lowest BCUT2D eigenvalue weighted by Crippen LogP contribution is -2.02. The van der Waals surface area contributed by atoms with Crippen molar-refractivity contribution in [1.29, 1.82) is 0 Å². The van der Waals surface area contributed by atoms with Crippen molar-refractivity contribution in [3.05, 3.63) is 51.3 Å². The van der Waals surface area contributed by atoms with E-state index in [1.54, 1.807) is 13.2 Å². The van der Waals surface area contributed by atoms with Gasteiger partial charge in [0.25, 0.3) is 0 Å². The van der Waals surface area contributed by atoms with E-state index in [1.807, 2.05) is 26.0 Å². The van der Waals surface area contributed by atoms with Crippen molar-refractivity contribution >= 4 is 11.6 Å². The van der Waals surface area contributed by atoms with E-state index in [1.165, 1.54) is 6.07 Å². The fourth-order valence-electron chi connectivity index (χ4n) is 2.07. The summed E-state index contributed by atoms with van der Waals surface area (Å²) in [6, 6.07) is 6.84. The van der Waals surface area contributed by atoms with Gasteiger partial charge in [0, 0.05) is 11.3 Å². The molecule has 1 aromatic heterocycles. The first-order valence-electron chi connectivity index (χ1n) is 6.14. The van der Waals surface area contributed by atoms with Gasteiger partial charge in [-0.05, 0) is 31.5 Å². The summed E-state index contributed by atoms with van der Waals surface area (Å²) in [6.07, 6.45) is 0. The zero-order chi connectivity index (χ0) is 14.7. The molecule has 0 atom stereocenters. The van der Waals surface area contributed by atoms with E-state index in [0.717, 1.165) is 22.6 Å². The molecule has 6 heteroatoms. The monoisotopic (exact) mass is 276 g/mol. The van der Waals surface area contributed by atoms with Crippen LogP contribution in [0.1, 0.15) is 16.9 Å². The molecule has 0 aliphatic rings. The number of nitro groups is 1. The minimum Gasteiger partial charge on any atom is -0.496 e. The summed E-state index contributed by atoms with van der Waals surface area (Å²) in [5, 5.41) is 13.7. The molecular formula is C14H16N2O4. The second kappa shape index (κ2) is 5.64. The molecule has 0 radical (unpaired) electrons. The highest BCUT2D eigenvalue weighted by molar-refractivity contribution is 5.59. The molecule has 0 unspecified atom stereocenters. The van der Waals surface area contributed by atoms with Gasteiger partial charge in [-0.1, -0.05) is 6.07 Å². The fraction of sp³-hybridized carbons (Fsp3) is 0.286. The van der Waals surface area contributed by atoms with Crippen LogP contribution in [0.25, 0.3) is 0 Å². The van der Waals surface area contributed by atoms with Crippen LogP contribution in [-0.2, 0) is 6.54 Å². The predicted molar refractivity (Wildman–Crippen MR) is 75.2 cm³/mol. The molecule has 0 saturated carbocycles. The molecular weight excluding hydrogens is 260 g/mol. The average molecular weight is 276 g/mol. The van der Waals surface area contributed by atoms with Crippen LogP contribution in [0.2, 0.25) is 0 Å². The summed E-state index contributed by atoms with van der Waals surface area (Å²) >= 11 is 0. The topological polar surface area (TPSA) is 77.5 Å². The molecule has 0 fully saturated rings. The van der Waals surface area contributed by atoms with Crippen LogP contribution in [0.3, 0.4) is 0 Å².